The number of rotatable bonds is 4. The Balaban J connectivity index is 2.44. The third kappa shape index (κ3) is 3.24. The fourth-order valence-corrected chi connectivity index (χ4v) is 1.12. The summed E-state index contributed by atoms with van der Waals surface area (Å²) in [4.78, 5) is 10.9. The van der Waals surface area contributed by atoms with Gasteiger partial charge in [0.15, 0.2) is 5.78 Å². The Morgan fingerprint density at radius 2 is 1.92 bits per heavy atom. The molecule has 0 heterocycles. The van der Waals surface area contributed by atoms with E-state index in [-0.39, 0.29) is 5.78 Å². The summed E-state index contributed by atoms with van der Waals surface area (Å²) < 4.78 is 0. The van der Waals surface area contributed by atoms with Crippen molar-refractivity contribution in [3.63, 3.8) is 0 Å². The molecule has 0 amide bonds. The molecular formula is C12H14O. The average Bonchev–Trinajstić information content (AvgIpc) is 2.15. The van der Waals surface area contributed by atoms with Gasteiger partial charge in [-0.25, -0.2) is 0 Å². The Hall–Kier alpha value is -1.37. The van der Waals surface area contributed by atoms with Gasteiger partial charge < -0.3 is 0 Å². The van der Waals surface area contributed by atoms with Crippen molar-refractivity contribution in [1.82, 2.24) is 0 Å². The maximum Gasteiger partial charge on any atom is 0.155 e. The lowest BCUT2D eigenvalue weighted by molar-refractivity contribution is -0.113. The smallest absolute Gasteiger partial charge is 0.155 e. The summed E-state index contributed by atoms with van der Waals surface area (Å²) in [7, 11) is 0. The van der Waals surface area contributed by atoms with Gasteiger partial charge in [-0.15, -0.1) is 0 Å². The van der Waals surface area contributed by atoms with E-state index >= 15 is 0 Å². The summed E-state index contributed by atoms with van der Waals surface area (Å²) in [5.41, 5.74) is 1.97. The Morgan fingerprint density at radius 3 is 2.46 bits per heavy atom. The highest BCUT2D eigenvalue weighted by atomic mass is 16.1. The molecule has 0 aliphatic heterocycles. The first kappa shape index (κ1) is 9.72. The summed E-state index contributed by atoms with van der Waals surface area (Å²) in [6, 6.07) is 10.1. The zero-order valence-corrected chi connectivity index (χ0v) is 7.92. The van der Waals surface area contributed by atoms with E-state index in [2.05, 4.69) is 18.7 Å². The molecule has 0 spiro atoms. The van der Waals surface area contributed by atoms with Gasteiger partial charge in [0.05, 0.1) is 0 Å². The van der Waals surface area contributed by atoms with Crippen molar-refractivity contribution in [1.29, 1.82) is 0 Å². The van der Waals surface area contributed by atoms with E-state index < -0.39 is 0 Å². The zero-order valence-electron chi connectivity index (χ0n) is 7.92. The second-order valence-corrected chi connectivity index (χ2v) is 3.15. The molecular weight excluding hydrogens is 160 g/mol. The second kappa shape index (κ2) is 4.61. The lowest BCUT2D eigenvalue weighted by atomic mass is 10.0. The van der Waals surface area contributed by atoms with Gasteiger partial charge in [0.2, 0.25) is 0 Å². The van der Waals surface area contributed by atoms with Crippen LogP contribution in [0.25, 0.3) is 0 Å². The highest BCUT2D eigenvalue weighted by molar-refractivity contribution is 5.92. The van der Waals surface area contributed by atoms with E-state index in [1.165, 1.54) is 5.56 Å². The van der Waals surface area contributed by atoms with Gasteiger partial charge in [0.1, 0.15) is 0 Å². The summed E-state index contributed by atoms with van der Waals surface area (Å²) in [5, 5.41) is 0. The largest absolute Gasteiger partial charge is 0.295 e. The van der Waals surface area contributed by atoms with Crippen molar-refractivity contribution in [3.05, 3.63) is 48.0 Å². The molecule has 1 nitrogen and oxygen atoms in total. The van der Waals surface area contributed by atoms with E-state index in [9.17, 15) is 4.79 Å². The predicted molar refractivity (Wildman–Crippen MR) is 54.6 cm³/mol. The Labute approximate surface area is 79.1 Å². The molecule has 1 aromatic rings. The van der Waals surface area contributed by atoms with Gasteiger partial charge in [-0.3, -0.25) is 4.79 Å². The number of carbonyl (C=O) groups excluding carboxylic acids is 1. The molecule has 68 valence electrons. The standard InChI is InChI=1S/C12H14O/c1-10(11(2)13)8-9-12-6-4-3-5-7-12/h3-7H,1,8-9H2,2H3. The average molecular weight is 174 g/mol. The fraction of sp³-hybridized carbons (Fsp3) is 0.250. The number of hydrogen-bond acceptors (Lipinski definition) is 1. The number of allylic oxidation sites excluding steroid dienone is 1. The first-order chi connectivity index (χ1) is 6.20. The lowest BCUT2D eigenvalue weighted by Crippen LogP contribution is -1.96. The molecule has 0 radical (unpaired) electrons. The Bertz CT molecular complexity index is 298. The SMILES string of the molecule is C=C(CCc1ccccc1)C(C)=O. The topological polar surface area (TPSA) is 17.1 Å². The minimum atomic E-state index is 0.0935. The molecule has 0 aliphatic carbocycles. The monoisotopic (exact) mass is 174 g/mol. The maximum atomic E-state index is 10.9. The first-order valence-electron chi connectivity index (χ1n) is 4.43. The van der Waals surface area contributed by atoms with Crippen molar-refractivity contribution < 1.29 is 4.79 Å². The number of benzene rings is 1. The van der Waals surface area contributed by atoms with Crippen LogP contribution in [0.2, 0.25) is 0 Å². The van der Waals surface area contributed by atoms with Crippen molar-refractivity contribution >= 4 is 5.78 Å². The van der Waals surface area contributed by atoms with Crippen LogP contribution in [-0.4, -0.2) is 5.78 Å². The van der Waals surface area contributed by atoms with Crippen molar-refractivity contribution in [2.24, 2.45) is 0 Å². The zero-order chi connectivity index (χ0) is 9.68. The Morgan fingerprint density at radius 1 is 1.31 bits per heavy atom. The summed E-state index contributed by atoms with van der Waals surface area (Å²) in [5.74, 6) is 0.0935. The van der Waals surface area contributed by atoms with Crippen LogP contribution >= 0.6 is 0 Å². The molecule has 1 heteroatoms. The van der Waals surface area contributed by atoms with Gasteiger partial charge >= 0.3 is 0 Å². The highest BCUT2D eigenvalue weighted by Gasteiger charge is 2.00. The van der Waals surface area contributed by atoms with Crippen LogP contribution in [0, 0.1) is 0 Å². The molecule has 1 aromatic carbocycles. The molecule has 13 heavy (non-hydrogen) atoms. The molecule has 0 N–H and O–H groups in total. The van der Waals surface area contributed by atoms with E-state index in [1.807, 2.05) is 18.2 Å². The van der Waals surface area contributed by atoms with Crippen LogP contribution in [0.5, 0.6) is 0 Å². The Kier molecular flexibility index (Phi) is 3.44. The summed E-state index contributed by atoms with van der Waals surface area (Å²) >= 11 is 0. The number of ketones is 1. The van der Waals surface area contributed by atoms with Gasteiger partial charge in [-0.1, -0.05) is 36.9 Å². The van der Waals surface area contributed by atoms with Crippen molar-refractivity contribution in [3.8, 4) is 0 Å². The predicted octanol–water partition coefficient (Wildman–Crippen LogP) is 2.76. The third-order valence-corrected chi connectivity index (χ3v) is 2.06. The molecule has 0 atom stereocenters. The van der Waals surface area contributed by atoms with Crippen LogP contribution in [0.15, 0.2) is 42.5 Å². The van der Waals surface area contributed by atoms with Gasteiger partial charge in [-0.05, 0) is 30.9 Å². The van der Waals surface area contributed by atoms with Crippen LogP contribution in [0.1, 0.15) is 18.9 Å². The van der Waals surface area contributed by atoms with E-state index in [0.29, 0.717) is 5.57 Å². The number of aryl methyl sites for hydroxylation is 1. The van der Waals surface area contributed by atoms with Crippen LogP contribution < -0.4 is 0 Å². The molecule has 0 aliphatic rings. The van der Waals surface area contributed by atoms with E-state index in [1.54, 1.807) is 6.92 Å². The van der Waals surface area contributed by atoms with Gasteiger partial charge in [-0.2, -0.15) is 0 Å². The molecule has 0 saturated carbocycles. The van der Waals surface area contributed by atoms with Crippen molar-refractivity contribution in [2.75, 3.05) is 0 Å². The summed E-state index contributed by atoms with van der Waals surface area (Å²) in [6.45, 7) is 5.28. The second-order valence-electron chi connectivity index (χ2n) is 3.15. The van der Waals surface area contributed by atoms with Crippen LogP contribution in [-0.2, 0) is 11.2 Å². The van der Waals surface area contributed by atoms with Gasteiger partial charge in [0, 0.05) is 0 Å². The minimum Gasteiger partial charge on any atom is -0.295 e. The summed E-state index contributed by atoms with van der Waals surface area (Å²) in [6.07, 6.45) is 1.67. The normalized spacial score (nSPS) is 9.62. The van der Waals surface area contributed by atoms with Crippen LogP contribution in [0.3, 0.4) is 0 Å². The minimum absolute atomic E-state index is 0.0935. The molecule has 1 rings (SSSR count). The molecule has 0 fully saturated rings. The third-order valence-electron chi connectivity index (χ3n) is 2.06. The number of carbonyl (C=O) groups is 1. The van der Waals surface area contributed by atoms with Crippen LogP contribution in [0.4, 0.5) is 0 Å². The highest BCUT2D eigenvalue weighted by Crippen LogP contribution is 2.07. The quantitative estimate of drug-likeness (QED) is 0.641. The van der Waals surface area contributed by atoms with E-state index in [4.69, 9.17) is 0 Å². The van der Waals surface area contributed by atoms with Crippen molar-refractivity contribution in [2.45, 2.75) is 19.8 Å². The number of hydrogen-bond donors (Lipinski definition) is 0. The molecule has 0 unspecified atom stereocenters. The fourth-order valence-electron chi connectivity index (χ4n) is 1.12. The van der Waals surface area contributed by atoms with Gasteiger partial charge in [0.25, 0.3) is 0 Å². The van der Waals surface area contributed by atoms with E-state index in [0.717, 1.165) is 12.8 Å². The number of Topliss-reactive ketones (excluding diaryl/α,β-unsaturated/α-hetero) is 1. The molecule has 0 saturated heterocycles. The molecule has 0 bridgehead atoms. The first-order valence-corrected chi connectivity index (χ1v) is 4.43. The lowest BCUT2D eigenvalue weighted by Gasteiger charge is -2.01. The molecule has 0 aromatic heterocycles. The maximum absolute atomic E-state index is 10.9.